The molecule has 5 heteroatoms. The number of rotatable bonds is 3. The average molecular weight is 153 g/mol. The van der Waals surface area contributed by atoms with Gasteiger partial charge in [0.1, 0.15) is 0 Å². The van der Waals surface area contributed by atoms with Gasteiger partial charge in [-0.25, -0.2) is 0 Å². The molecule has 1 amide bonds. The first kappa shape index (κ1) is 9.29. The molecule has 0 rings (SSSR count). The lowest BCUT2D eigenvalue weighted by Crippen LogP contribution is -2.39. The van der Waals surface area contributed by atoms with E-state index in [0.717, 1.165) is 0 Å². The van der Waals surface area contributed by atoms with Crippen molar-refractivity contribution >= 4 is 5.91 Å². The fourth-order valence-electron chi connectivity index (χ4n) is 0.354. The van der Waals surface area contributed by atoms with Crippen LogP contribution in [0.1, 0.15) is 13.8 Å². The standard InChI is InChI=1S/C5H9F2NO2/c1-3(2)10-5(6,7)4(8)9/h3H,1-2H3,(H2,8,9). The van der Waals surface area contributed by atoms with Crippen molar-refractivity contribution in [3.8, 4) is 0 Å². The highest BCUT2D eigenvalue weighted by atomic mass is 19.3. The highest BCUT2D eigenvalue weighted by Crippen LogP contribution is 2.16. The minimum absolute atomic E-state index is 0.720. The van der Waals surface area contributed by atoms with E-state index >= 15 is 0 Å². The molecule has 10 heavy (non-hydrogen) atoms. The van der Waals surface area contributed by atoms with Crippen molar-refractivity contribution < 1.29 is 18.3 Å². The first-order chi connectivity index (χ1) is 4.36. The number of nitrogens with two attached hydrogens (primary N) is 1. The Morgan fingerprint density at radius 1 is 1.60 bits per heavy atom. The topological polar surface area (TPSA) is 52.3 Å². The third-order valence-corrected chi connectivity index (χ3v) is 0.671. The van der Waals surface area contributed by atoms with Crippen molar-refractivity contribution in [1.29, 1.82) is 0 Å². The van der Waals surface area contributed by atoms with E-state index in [1.165, 1.54) is 13.8 Å². The van der Waals surface area contributed by atoms with E-state index in [0.29, 0.717) is 0 Å². The molecule has 0 bridgehead atoms. The lowest BCUT2D eigenvalue weighted by atomic mass is 10.4. The van der Waals surface area contributed by atoms with Crippen LogP contribution in [0.3, 0.4) is 0 Å². The number of halogens is 2. The summed E-state index contributed by atoms with van der Waals surface area (Å²) < 4.78 is 28.1. The zero-order chi connectivity index (χ0) is 8.36. The van der Waals surface area contributed by atoms with E-state index in [-0.39, 0.29) is 0 Å². The molecule has 0 spiro atoms. The van der Waals surface area contributed by atoms with E-state index in [1.54, 1.807) is 0 Å². The molecule has 0 fully saturated rings. The van der Waals surface area contributed by atoms with Gasteiger partial charge >= 0.3 is 12.0 Å². The first-order valence-electron chi connectivity index (χ1n) is 2.72. The summed E-state index contributed by atoms with van der Waals surface area (Å²) in [6.45, 7) is 2.77. The molecule has 0 aliphatic heterocycles. The van der Waals surface area contributed by atoms with Gasteiger partial charge in [-0.1, -0.05) is 0 Å². The number of hydrogen-bond acceptors (Lipinski definition) is 2. The van der Waals surface area contributed by atoms with E-state index in [2.05, 4.69) is 10.5 Å². The van der Waals surface area contributed by atoms with Crippen molar-refractivity contribution in [1.82, 2.24) is 0 Å². The zero-order valence-corrected chi connectivity index (χ0v) is 5.73. The van der Waals surface area contributed by atoms with Gasteiger partial charge in [0.15, 0.2) is 0 Å². The Hall–Kier alpha value is -0.710. The molecule has 0 aromatic rings. The molecule has 0 saturated carbocycles. The molecular formula is C5H9F2NO2. The molecule has 0 radical (unpaired) electrons. The van der Waals surface area contributed by atoms with Crippen molar-refractivity contribution in [2.24, 2.45) is 5.73 Å². The molecule has 0 aromatic heterocycles. The molecule has 2 N–H and O–H groups in total. The van der Waals surface area contributed by atoms with Crippen LogP contribution in [0.25, 0.3) is 0 Å². The van der Waals surface area contributed by atoms with Crippen LogP contribution >= 0.6 is 0 Å². The van der Waals surface area contributed by atoms with Crippen LogP contribution in [0.4, 0.5) is 8.78 Å². The SMILES string of the molecule is CC(C)OC(F)(F)C(N)=O. The molecule has 0 saturated heterocycles. The first-order valence-corrected chi connectivity index (χ1v) is 2.72. The largest absolute Gasteiger partial charge is 0.436 e. The van der Waals surface area contributed by atoms with E-state index in [4.69, 9.17) is 0 Å². The van der Waals surface area contributed by atoms with Crippen LogP contribution in [-0.4, -0.2) is 18.1 Å². The number of alkyl halides is 2. The second-order valence-electron chi connectivity index (χ2n) is 2.05. The van der Waals surface area contributed by atoms with Gasteiger partial charge in [-0.3, -0.25) is 4.79 Å². The van der Waals surface area contributed by atoms with E-state index < -0.39 is 18.1 Å². The Bertz CT molecular complexity index is 136. The minimum atomic E-state index is -3.84. The van der Waals surface area contributed by atoms with Crippen LogP contribution in [0.5, 0.6) is 0 Å². The summed E-state index contributed by atoms with van der Waals surface area (Å²) in [6, 6.07) is 0. The lowest BCUT2D eigenvalue weighted by Gasteiger charge is -2.14. The predicted molar refractivity (Wildman–Crippen MR) is 30.4 cm³/mol. The fourth-order valence-corrected chi connectivity index (χ4v) is 0.354. The molecule has 0 heterocycles. The number of hydrogen-bond donors (Lipinski definition) is 1. The number of carbonyl (C=O) groups is 1. The number of primary amides is 1. The van der Waals surface area contributed by atoms with E-state index in [9.17, 15) is 13.6 Å². The third-order valence-electron chi connectivity index (χ3n) is 0.671. The van der Waals surface area contributed by atoms with Crippen molar-refractivity contribution in [3.63, 3.8) is 0 Å². The molecule has 60 valence electrons. The maximum Gasteiger partial charge on any atom is 0.436 e. The highest BCUT2D eigenvalue weighted by molar-refractivity contribution is 5.79. The monoisotopic (exact) mass is 153 g/mol. The lowest BCUT2D eigenvalue weighted by molar-refractivity contribution is -0.242. The van der Waals surface area contributed by atoms with Crippen molar-refractivity contribution in [3.05, 3.63) is 0 Å². The summed E-state index contributed by atoms with van der Waals surface area (Å²) >= 11 is 0. The van der Waals surface area contributed by atoms with E-state index in [1.807, 2.05) is 0 Å². The Labute approximate surface area is 57.1 Å². The van der Waals surface area contributed by atoms with Gasteiger partial charge in [0.2, 0.25) is 0 Å². The molecular weight excluding hydrogens is 144 g/mol. The Morgan fingerprint density at radius 2 is 2.00 bits per heavy atom. The molecule has 0 aliphatic carbocycles. The Balaban J connectivity index is 4.00. The van der Waals surface area contributed by atoms with Gasteiger partial charge in [-0.2, -0.15) is 8.78 Å². The summed E-state index contributed by atoms with van der Waals surface area (Å²) in [5.74, 6) is -1.76. The minimum Gasteiger partial charge on any atom is -0.362 e. The van der Waals surface area contributed by atoms with Gasteiger partial charge < -0.3 is 10.5 Å². The molecule has 0 aromatic carbocycles. The molecule has 0 aliphatic rings. The third kappa shape index (κ3) is 2.72. The molecule has 0 unspecified atom stereocenters. The quantitative estimate of drug-likeness (QED) is 0.641. The van der Waals surface area contributed by atoms with Crippen molar-refractivity contribution in [2.45, 2.75) is 26.1 Å². The van der Waals surface area contributed by atoms with Crippen LogP contribution in [-0.2, 0) is 9.53 Å². The number of ether oxygens (including phenoxy) is 1. The van der Waals surface area contributed by atoms with Gasteiger partial charge in [-0.15, -0.1) is 0 Å². The van der Waals surface area contributed by atoms with Gasteiger partial charge in [-0.05, 0) is 13.8 Å². The van der Waals surface area contributed by atoms with Gasteiger partial charge in [0, 0.05) is 0 Å². The summed E-state index contributed by atoms with van der Waals surface area (Å²) in [6.07, 6.45) is -4.56. The summed E-state index contributed by atoms with van der Waals surface area (Å²) in [5, 5.41) is 0. The zero-order valence-electron chi connectivity index (χ0n) is 5.73. The maximum atomic E-state index is 12.1. The second-order valence-corrected chi connectivity index (χ2v) is 2.05. The smallest absolute Gasteiger partial charge is 0.362 e. The van der Waals surface area contributed by atoms with Gasteiger partial charge in [0.05, 0.1) is 6.10 Å². The number of amides is 1. The summed E-state index contributed by atoms with van der Waals surface area (Å²) in [7, 11) is 0. The van der Waals surface area contributed by atoms with Crippen LogP contribution in [0, 0.1) is 0 Å². The summed E-state index contributed by atoms with van der Waals surface area (Å²) in [5.41, 5.74) is 4.30. The normalized spacial score (nSPS) is 12.1. The predicted octanol–water partition coefficient (Wildman–Crippen LogP) is 0.490. The average Bonchev–Trinajstić information content (AvgIpc) is 1.60. The highest BCUT2D eigenvalue weighted by Gasteiger charge is 2.38. The number of carbonyl (C=O) groups excluding carboxylic acids is 1. The second kappa shape index (κ2) is 2.92. The molecule has 0 atom stereocenters. The molecule has 3 nitrogen and oxygen atoms in total. The van der Waals surface area contributed by atoms with Crippen molar-refractivity contribution in [2.75, 3.05) is 0 Å². The fraction of sp³-hybridized carbons (Fsp3) is 0.800. The van der Waals surface area contributed by atoms with Crippen LogP contribution in [0.2, 0.25) is 0 Å². The van der Waals surface area contributed by atoms with Gasteiger partial charge in [0.25, 0.3) is 0 Å². The maximum absolute atomic E-state index is 12.1. The Morgan fingerprint density at radius 3 is 2.10 bits per heavy atom. The van der Waals surface area contributed by atoms with Crippen LogP contribution < -0.4 is 5.73 Å². The van der Waals surface area contributed by atoms with Crippen LogP contribution in [0.15, 0.2) is 0 Å². The Kier molecular flexibility index (Phi) is 2.71. The summed E-state index contributed by atoms with van der Waals surface area (Å²) in [4.78, 5) is 9.90.